The van der Waals surface area contributed by atoms with Gasteiger partial charge < -0.3 is 9.47 Å². The molecule has 0 aromatic heterocycles. The van der Waals surface area contributed by atoms with Crippen LogP contribution in [0.3, 0.4) is 0 Å². The summed E-state index contributed by atoms with van der Waals surface area (Å²) < 4.78 is 10.9. The Morgan fingerprint density at radius 3 is 1.78 bits per heavy atom. The summed E-state index contributed by atoms with van der Waals surface area (Å²) >= 11 is 0. The van der Waals surface area contributed by atoms with Gasteiger partial charge in [0.2, 0.25) is 0 Å². The lowest BCUT2D eigenvalue weighted by Crippen LogP contribution is -2.49. The summed E-state index contributed by atoms with van der Waals surface area (Å²) in [6.07, 6.45) is 4.66. The number of Topliss-reactive ketones (excluding diaryl/α,β-unsaturated/α-hetero) is 2. The van der Waals surface area contributed by atoms with Gasteiger partial charge in [0.1, 0.15) is 0 Å². The molecule has 1 aliphatic heterocycles. The van der Waals surface area contributed by atoms with Gasteiger partial charge in [0.05, 0.1) is 14.2 Å². The van der Waals surface area contributed by atoms with Crippen LogP contribution in [0, 0.1) is 0 Å². The molecule has 0 radical (unpaired) electrons. The Kier molecular flexibility index (Phi) is 8.90. The number of likely N-dealkylation sites (tertiary alicyclic amines) is 1. The van der Waals surface area contributed by atoms with Gasteiger partial charge in [0.25, 0.3) is 0 Å². The highest BCUT2D eigenvalue weighted by Crippen LogP contribution is 2.31. The molecule has 5 heteroatoms. The minimum atomic E-state index is 0.111. The second-order valence-electron chi connectivity index (χ2n) is 9.40. The predicted molar refractivity (Wildman–Crippen MR) is 142 cm³/mol. The maximum Gasteiger partial charge on any atom is 0.164 e. The van der Waals surface area contributed by atoms with Gasteiger partial charge in [-0.25, -0.2) is 0 Å². The van der Waals surface area contributed by atoms with Gasteiger partial charge >= 0.3 is 0 Å². The number of rotatable bonds is 11. The molecule has 3 aromatic carbocycles. The summed E-state index contributed by atoms with van der Waals surface area (Å²) in [6.45, 7) is 0.773. The predicted octanol–water partition coefficient (Wildman–Crippen LogP) is 6.02. The van der Waals surface area contributed by atoms with E-state index in [1.165, 1.54) is 0 Å². The summed E-state index contributed by atoms with van der Waals surface area (Å²) in [4.78, 5) is 28.6. The molecular formula is C31H35NO4. The second-order valence-corrected chi connectivity index (χ2v) is 9.40. The van der Waals surface area contributed by atoms with Gasteiger partial charge in [-0.3, -0.25) is 14.5 Å². The van der Waals surface area contributed by atoms with Crippen LogP contribution in [0.15, 0.2) is 78.9 Å². The van der Waals surface area contributed by atoms with Gasteiger partial charge in [0.15, 0.2) is 23.1 Å². The first-order valence-electron chi connectivity index (χ1n) is 12.7. The third-order valence-electron chi connectivity index (χ3n) is 7.15. The van der Waals surface area contributed by atoms with Gasteiger partial charge in [-0.15, -0.1) is 0 Å². The number of ether oxygens (including phenoxy) is 2. The molecule has 188 valence electrons. The lowest BCUT2D eigenvalue weighted by atomic mass is 9.87. The Hall–Kier alpha value is -3.44. The molecule has 0 aliphatic carbocycles. The van der Waals surface area contributed by atoms with Crippen LogP contribution in [-0.4, -0.2) is 49.3 Å². The maximum absolute atomic E-state index is 13.1. The van der Waals surface area contributed by atoms with Gasteiger partial charge in [-0.2, -0.15) is 0 Å². The van der Waals surface area contributed by atoms with E-state index >= 15 is 0 Å². The fourth-order valence-electron chi connectivity index (χ4n) is 5.23. The van der Waals surface area contributed by atoms with E-state index in [9.17, 15) is 9.59 Å². The zero-order chi connectivity index (χ0) is 25.3. The molecule has 3 aromatic rings. The van der Waals surface area contributed by atoms with Crippen LogP contribution in [0.1, 0.15) is 58.4 Å². The monoisotopic (exact) mass is 485 g/mol. The van der Waals surface area contributed by atoms with E-state index in [0.717, 1.165) is 48.9 Å². The summed E-state index contributed by atoms with van der Waals surface area (Å²) in [5.74, 6) is 1.73. The van der Waals surface area contributed by atoms with Crippen molar-refractivity contribution in [2.75, 3.05) is 20.8 Å². The first-order chi connectivity index (χ1) is 17.6. The van der Waals surface area contributed by atoms with E-state index in [2.05, 4.69) is 11.0 Å². The van der Waals surface area contributed by atoms with Crippen LogP contribution in [0.5, 0.6) is 11.5 Å². The molecule has 1 saturated heterocycles. The number of hydrogen-bond donors (Lipinski definition) is 0. The van der Waals surface area contributed by atoms with Crippen molar-refractivity contribution in [3.8, 4) is 11.5 Å². The molecule has 1 aliphatic rings. The summed E-state index contributed by atoms with van der Waals surface area (Å²) in [5, 5.41) is 0. The number of piperidine rings is 1. The third kappa shape index (κ3) is 6.41. The second kappa shape index (κ2) is 12.5. The van der Waals surface area contributed by atoms with Crippen molar-refractivity contribution >= 4 is 11.6 Å². The normalized spacial score (nSPS) is 17.9. The smallest absolute Gasteiger partial charge is 0.164 e. The van der Waals surface area contributed by atoms with Crippen LogP contribution in [-0.2, 0) is 6.42 Å². The Morgan fingerprint density at radius 1 is 0.750 bits per heavy atom. The molecule has 0 spiro atoms. The standard InChI is InChI=1S/C31H35NO4/c1-35-30-17-16-23(20-31(30)36-2)18-19-32-26(21-28(33)24-10-5-3-6-11-24)14-9-15-27(32)22-29(34)25-12-7-4-8-13-25/h3-8,10-13,16-17,20,26-27H,9,14-15,18-19,21-22H2,1-2H3/t26-,27-/m0/s1. The first kappa shape index (κ1) is 25.6. The molecule has 5 nitrogen and oxygen atoms in total. The number of carbonyl (C=O) groups is 2. The minimum Gasteiger partial charge on any atom is -0.493 e. The molecular weight excluding hydrogens is 450 g/mol. The quantitative estimate of drug-likeness (QED) is 0.311. The number of carbonyl (C=O) groups excluding carboxylic acids is 2. The molecule has 36 heavy (non-hydrogen) atoms. The van der Waals surface area contributed by atoms with Gasteiger partial charge in [-0.1, -0.05) is 73.2 Å². The topological polar surface area (TPSA) is 55.8 Å². The van der Waals surface area contributed by atoms with Gasteiger partial charge in [0, 0.05) is 42.6 Å². The van der Waals surface area contributed by atoms with Crippen LogP contribution < -0.4 is 9.47 Å². The Balaban J connectivity index is 1.53. The van der Waals surface area contributed by atoms with Gasteiger partial charge in [-0.05, 0) is 37.0 Å². The van der Waals surface area contributed by atoms with Crippen molar-refractivity contribution < 1.29 is 19.1 Å². The molecule has 1 heterocycles. The van der Waals surface area contributed by atoms with E-state index < -0.39 is 0 Å². The van der Waals surface area contributed by atoms with E-state index in [1.54, 1.807) is 14.2 Å². The zero-order valence-corrected chi connectivity index (χ0v) is 21.2. The van der Waals surface area contributed by atoms with E-state index in [4.69, 9.17) is 9.47 Å². The van der Waals surface area contributed by atoms with Crippen LogP contribution in [0.25, 0.3) is 0 Å². The molecule has 0 amide bonds. The molecule has 0 bridgehead atoms. The molecule has 0 N–H and O–H groups in total. The Labute approximate surface area is 214 Å². The summed E-state index contributed by atoms with van der Waals surface area (Å²) in [7, 11) is 3.27. The highest BCUT2D eigenvalue weighted by molar-refractivity contribution is 5.97. The van der Waals surface area contributed by atoms with Crippen molar-refractivity contribution in [1.82, 2.24) is 4.90 Å². The van der Waals surface area contributed by atoms with Crippen molar-refractivity contribution in [2.24, 2.45) is 0 Å². The minimum absolute atomic E-state index is 0.111. The average Bonchev–Trinajstić information content (AvgIpc) is 2.93. The lowest BCUT2D eigenvalue weighted by Gasteiger charge is -2.42. The SMILES string of the molecule is COc1ccc(CCN2[C@H](CC(=O)c3ccccc3)CCC[C@H]2CC(=O)c2ccccc2)cc1OC. The number of ketones is 2. The molecule has 2 atom stereocenters. The first-order valence-corrected chi connectivity index (χ1v) is 12.7. The largest absolute Gasteiger partial charge is 0.493 e. The maximum atomic E-state index is 13.1. The Morgan fingerprint density at radius 2 is 1.28 bits per heavy atom. The van der Waals surface area contributed by atoms with E-state index in [-0.39, 0.29) is 23.7 Å². The number of hydrogen-bond acceptors (Lipinski definition) is 5. The van der Waals surface area contributed by atoms with Crippen molar-refractivity contribution in [2.45, 2.75) is 50.6 Å². The zero-order valence-electron chi connectivity index (χ0n) is 21.2. The summed E-state index contributed by atoms with van der Waals surface area (Å²) in [5.41, 5.74) is 2.64. The van der Waals surface area contributed by atoms with Crippen LogP contribution >= 0.6 is 0 Å². The fraction of sp³-hybridized carbons (Fsp3) is 0.355. The molecule has 0 saturated carbocycles. The lowest BCUT2D eigenvalue weighted by molar-refractivity contribution is 0.0596. The number of methoxy groups -OCH3 is 2. The highest BCUT2D eigenvalue weighted by Gasteiger charge is 2.33. The highest BCUT2D eigenvalue weighted by atomic mass is 16.5. The molecule has 0 unspecified atom stereocenters. The average molecular weight is 486 g/mol. The fourth-order valence-corrected chi connectivity index (χ4v) is 5.23. The number of benzene rings is 3. The van der Waals surface area contributed by atoms with Crippen molar-refractivity contribution in [3.05, 3.63) is 95.6 Å². The number of nitrogens with zero attached hydrogens (tertiary/aromatic N) is 1. The van der Waals surface area contributed by atoms with E-state index in [1.807, 2.05) is 72.8 Å². The third-order valence-corrected chi connectivity index (χ3v) is 7.15. The van der Waals surface area contributed by atoms with Crippen LogP contribution in [0.4, 0.5) is 0 Å². The van der Waals surface area contributed by atoms with Crippen molar-refractivity contribution in [3.63, 3.8) is 0 Å². The molecule has 1 fully saturated rings. The van der Waals surface area contributed by atoms with E-state index in [0.29, 0.717) is 24.3 Å². The summed E-state index contributed by atoms with van der Waals surface area (Å²) in [6, 6.07) is 25.2. The Bertz CT molecular complexity index is 1080. The van der Waals surface area contributed by atoms with Crippen molar-refractivity contribution in [1.29, 1.82) is 0 Å². The molecule has 4 rings (SSSR count). The van der Waals surface area contributed by atoms with Crippen LogP contribution in [0.2, 0.25) is 0 Å².